The summed E-state index contributed by atoms with van der Waals surface area (Å²) in [4.78, 5) is 12.1. The highest BCUT2D eigenvalue weighted by atomic mass is 32.2. The van der Waals surface area contributed by atoms with Crippen molar-refractivity contribution in [2.75, 3.05) is 10.1 Å². The molecule has 4 aromatic rings. The first kappa shape index (κ1) is 22.3. The first-order valence-electron chi connectivity index (χ1n) is 10.7. The van der Waals surface area contributed by atoms with Crippen LogP contribution in [0.3, 0.4) is 0 Å². The predicted molar refractivity (Wildman–Crippen MR) is 128 cm³/mol. The van der Waals surface area contributed by atoms with E-state index in [1.165, 1.54) is 24.1 Å². The van der Waals surface area contributed by atoms with Gasteiger partial charge < -0.3 is 9.62 Å². The molecule has 1 saturated heterocycles. The zero-order valence-corrected chi connectivity index (χ0v) is 19.0. The molecule has 34 heavy (non-hydrogen) atoms. The van der Waals surface area contributed by atoms with Gasteiger partial charge in [-0.1, -0.05) is 30.3 Å². The number of rotatable bonds is 5. The minimum Gasteiger partial charge on any atom is -0.345 e. The Kier molecular flexibility index (Phi) is 5.73. The molecule has 1 amide bonds. The van der Waals surface area contributed by atoms with Gasteiger partial charge in [-0.2, -0.15) is 13.9 Å². The van der Waals surface area contributed by atoms with E-state index in [-0.39, 0.29) is 11.9 Å². The lowest BCUT2D eigenvalue weighted by molar-refractivity contribution is -0.143. The highest BCUT2D eigenvalue weighted by Gasteiger charge is 2.41. The monoisotopic (exact) mass is 482 g/mol. The highest BCUT2D eigenvalue weighted by molar-refractivity contribution is 8.01. The highest BCUT2D eigenvalue weighted by Crippen LogP contribution is 2.43. The third kappa shape index (κ3) is 4.23. The van der Waals surface area contributed by atoms with Crippen molar-refractivity contribution >= 4 is 34.4 Å². The number of anilines is 1. The summed E-state index contributed by atoms with van der Waals surface area (Å²) in [6, 6.07) is 20.6. The number of halogens is 3. The van der Waals surface area contributed by atoms with Gasteiger partial charge in [-0.15, -0.1) is 0 Å². The number of alkyl halides is 2. The molecule has 0 bridgehead atoms. The summed E-state index contributed by atoms with van der Waals surface area (Å²) in [6.07, 6.45) is 1.73. The van der Waals surface area contributed by atoms with Gasteiger partial charge in [0.05, 0.1) is 29.5 Å². The summed E-state index contributed by atoms with van der Waals surface area (Å²) in [5, 5.41) is 7.86. The molecule has 5 nitrogen and oxygen atoms in total. The fraction of sp³-hybridized carbons (Fsp3) is 0.200. The molecule has 174 valence electrons. The molecular formula is C25H21F3N4OS. The van der Waals surface area contributed by atoms with E-state index < -0.39 is 17.9 Å². The topological polar surface area (TPSA) is 50.2 Å². The maximum Gasteiger partial charge on any atom is 0.321 e. The Morgan fingerprint density at radius 2 is 1.76 bits per heavy atom. The van der Waals surface area contributed by atoms with Crippen molar-refractivity contribution in [1.82, 2.24) is 15.1 Å². The van der Waals surface area contributed by atoms with Crippen LogP contribution in [0.4, 0.5) is 18.9 Å². The SMILES string of the molecule is CC(F)(F)C(=O)N[C@H]1CSN(c2ccc3c(cnn3-c3ccc(F)cc3)c2)[C@@H]1c1ccccc1. The van der Waals surface area contributed by atoms with Crippen molar-refractivity contribution in [2.24, 2.45) is 0 Å². The van der Waals surface area contributed by atoms with E-state index in [4.69, 9.17) is 0 Å². The molecule has 0 saturated carbocycles. The van der Waals surface area contributed by atoms with Gasteiger partial charge in [0, 0.05) is 23.8 Å². The lowest BCUT2D eigenvalue weighted by Gasteiger charge is -2.29. The number of fused-ring (bicyclic) bond motifs is 1. The number of aromatic nitrogens is 2. The molecule has 1 fully saturated rings. The molecule has 1 aliphatic heterocycles. The van der Waals surface area contributed by atoms with E-state index >= 15 is 0 Å². The number of hydrogen-bond donors (Lipinski definition) is 1. The van der Waals surface area contributed by atoms with E-state index in [0.717, 1.165) is 27.8 Å². The lowest BCUT2D eigenvalue weighted by Crippen LogP contribution is -2.47. The average Bonchev–Trinajstić information content (AvgIpc) is 3.43. The third-order valence-corrected chi connectivity index (χ3v) is 6.98. The summed E-state index contributed by atoms with van der Waals surface area (Å²) in [7, 11) is 0. The number of nitrogens with zero attached hydrogens (tertiary/aromatic N) is 3. The molecule has 3 aromatic carbocycles. The van der Waals surface area contributed by atoms with Crippen molar-refractivity contribution in [1.29, 1.82) is 0 Å². The van der Waals surface area contributed by atoms with E-state index in [9.17, 15) is 18.0 Å². The Balaban J connectivity index is 1.49. The average molecular weight is 483 g/mol. The van der Waals surface area contributed by atoms with Crippen LogP contribution in [-0.2, 0) is 4.79 Å². The quantitative estimate of drug-likeness (QED) is 0.381. The van der Waals surface area contributed by atoms with Crippen LogP contribution in [0, 0.1) is 5.82 Å². The standard InChI is InChI=1S/C25H21F3N4OS/c1-25(27,28)24(33)30-21-15-34-32(23(21)16-5-3-2-4-6-16)20-11-12-22-17(13-20)14-29-31(22)19-9-7-18(26)8-10-19/h2-14,21,23H,15H2,1H3,(H,30,33)/t21-,23+/m0/s1. The molecule has 0 spiro atoms. The molecule has 1 aromatic heterocycles. The van der Waals surface area contributed by atoms with Crippen molar-refractivity contribution in [2.45, 2.75) is 24.9 Å². The molecule has 9 heteroatoms. The van der Waals surface area contributed by atoms with Gasteiger partial charge in [0.25, 0.3) is 5.91 Å². The van der Waals surface area contributed by atoms with E-state index in [1.807, 2.05) is 52.8 Å². The first-order chi connectivity index (χ1) is 16.3. The fourth-order valence-corrected chi connectivity index (χ4v) is 5.39. The van der Waals surface area contributed by atoms with Crippen molar-refractivity contribution in [3.63, 3.8) is 0 Å². The van der Waals surface area contributed by atoms with Crippen LogP contribution in [0.15, 0.2) is 79.0 Å². The molecule has 0 unspecified atom stereocenters. The zero-order chi connectivity index (χ0) is 23.9. The smallest absolute Gasteiger partial charge is 0.321 e. The van der Waals surface area contributed by atoms with Crippen LogP contribution < -0.4 is 9.62 Å². The van der Waals surface area contributed by atoms with Gasteiger partial charge in [-0.3, -0.25) is 4.79 Å². The second-order valence-corrected chi connectivity index (χ2v) is 9.21. The Labute approximate surface area is 198 Å². The molecule has 0 radical (unpaired) electrons. The van der Waals surface area contributed by atoms with Crippen molar-refractivity contribution in [3.8, 4) is 5.69 Å². The lowest BCUT2D eigenvalue weighted by atomic mass is 9.99. The normalized spacial score (nSPS) is 18.4. The maximum atomic E-state index is 13.6. The summed E-state index contributed by atoms with van der Waals surface area (Å²) in [6.45, 7) is 0.604. The summed E-state index contributed by atoms with van der Waals surface area (Å²) in [5.74, 6) is -4.60. The summed E-state index contributed by atoms with van der Waals surface area (Å²) < 4.78 is 44.3. The van der Waals surface area contributed by atoms with E-state index in [0.29, 0.717) is 12.7 Å². The maximum absolute atomic E-state index is 13.6. The number of amides is 1. The van der Waals surface area contributed by atoms with Crippen molar-refractivity contribution in [3.05, 3.63) is 90.4 Å². The predicted octanol–water partition coefficient (Wildman–Crippen LogP) is 5.51. The van der Waals surface area contributed by atoms with E-state index in [2.05, 4.69) is 10.4 Å². The first-order valence-corrected chi connectivity index (χ1v) is 11.6. The fourth-order valence-electron chi connectivity index (χ4n) is 4.11. The molecule has 2 atom stereocenters. The van der Waals surface area contributed by atoms with E-state index in [1.54, 1.807) is 23.0 Å². The molecule has 2 heterocycles. The van der Waals surface area contributed by atoms with Gasteiger partial charge in [0.15, 0.2) is 0 Å². The number of benzene rings is 3. The second-order valence-electron chi connectivity index (χ2n) is 8.22. The minimum atomic E-state index is -3.45. The van der Waals surface area contributed by atoms with Gasteiger partial charge in [-0.05, 0) is 60.0 Å². The number of nitrogens with one attached hydrogen (secondary N) is 1. The molecule has 5 rings (SSSR count). The zero-order valence-electron chi connectivity index (χ0n) is 18.2. The van der Waals surface area contributed by atoms with Gasteiger partial charge in [-0.25, -0.2) is 9.07 Å². The van der Waals surface area contributed by atoms with Crippen LogP contribution in [0.1, 0.15) is 18.5 Å². The minimum absolute atomic E-state index is 0.317. The van der Waals surface area contributed by atoms with Crippen LogP contribution in [0.5, 0.6) is 0 Å². The number of carbonyl (C=O) groups excluding carboxylic acids is 1. The van der Waals surface area contributed by atoms with Gasteiger partial charge >= 0.3 is 5.92 Å². The summed E-state index contributed by atoms with van der Waals surface area (Å²) in [5.41, 5.74) is 3.38. The van der Waals surface area contributed by atoms with Crippen LogP contribution in [0.25, 0.3) is 16.6 Å². The Morgan fingerprint density at radius 3 is 2.47 bits per heavy atom. The second kappa shape index (κ2) is 8.72. The van der Waals surface area contributed by atoms with Crippen LogP contribution in [0.2, 0.25) is 0 Å². The van der Waals surface area contributed by atoms with Crippen molar-refractivity contribution < 1.29 is 18.0 Å². The molecular weight excluding hydrogens is 461 g/mol. The summed E-state index contributed by atoms with van der Waals surface area (Å²) >= 11 is 1.48. The van der Waals surface area contributed by atoms with Gasteiger partial charge in [0.2, 0.25) is 0 Å². The van der Waals surface area contributed by atoms with Crippen LogP contribution >= 0.6 is 11.9 Å². The van der Waals surface area contributed by atoms with Crippen LogP contribution in [-0.4, -0.2) is 33.4 Å². The molecule has 1 N–H and O–H groups in total. The number of hydrogen-bond acceptors (Lipinski definition) is 4. The number of carbonyl (C=O) groups is 1. The Morgan fingerprint density at radius 1 is 1.06 bits per heavy atom. The van der Waals surface area contributed by atoms with Gasteiger partial charge in [0.1, 0.15) is 5.82 Å². The molecule has 0 aliphatic carbocycles. The third-order valence-electron chi connectivity index (χ3n) is 5.76. The Hall–Kier alpha value is -3.46. The Bertz CT molecular complexity index is 1320. The largest absolute Gasteiger partial charge is 0.345 e. The molecule has 1 aliphatic rings.